The molecule has 0 atom stereocenters. The first-order chi connectivity index (χ1) is 8.66. The van der Waals surface area contributed by atoms with E-state index in [1.807, 2.05) is 30.3 Å². The second kappa shape index (κ2) is 3.81. The Bertz CT molecular complexity index is 706. The Morgan fingerprint density at radius 2 is 1.72 bits per heavy atom. The van der Waals surface area contributed by atoms with Crippen LogP contribution in [0.3, 0.4) is 0 Å². The molecule has 2 aromatic rings. The summed E-state index contributed by atoms with van der Waals surface area (Å²) < 4.78 is 5.11. The molecule has 0 aromatic heterocycles. The van der Waals surface area contributed by atoms with Gasteiger partial charge in [-0.15, -0.1) is 0 Å². The molecular weight excluding hydrogens is 228 g/mol. The van der Waals surface area contributed by atoms with Crippen LogP contribution in [0.1, 0.15) is 22.8 Å². The number of hydrogen-bond donors (Lipinski definition) is 0. The van der Waals surface area contributed by atoms with Crippen molar-refractivity contribution in [1.82, 2.24) is 0 Å². The topological polar surface area (TPSA) is 43.4 Å². The zero-order valence-electron chi connectivity index (χ0n) is 9.77. The third-order valence-corrected chi connectivity index (χ3v) is 2.95. The summed E-state index contributed by atoms with van der Waals surface area (Å²) in [5, 5.41) is 1.82. The van der Waals surface area contributed by atoms with E-state index >= 15 is 0 Å². The average Bonchev–Trinajstić information content (AvgIpc) is 2.34. The maximum atomic E-state index is 12.0. The van der Waals surface area contributed by atoms with Crippen molar-refractivity contribution in [2.24, 2.45) is 0 Å². The van der Waals surface area contributed by atoms with E-state index in [9.17, 15) is 9.59 Å². The number of esters is 1. The van der Waals surface area contributed by atoms with Gasteiger partial charge in [0, 0.05) is 29.5 Å². The Morgan fingerprint density at radius 1 is 1.06 bits per heavy atom. The highest BCUT2D eigenvalue weighted by Crippen LogP contribution is 2.33. The van der Waals surface area contributed by atoms with Crippen molar-refractivity contribution in [3.05, 3.63) is 53.6 Å². The largest absolute Gasteiger partial charge is 0.426 e. The highest BCUT2D eigenvalue weighted by molar-refractivity contribution is 6.21. The van der Waals surface area contributed by atoms with E-state index in [1.165, 1.54) is 13.0 Å². The van der Waals surface area contributed by atoms with Crippen LogP contribution in [0.5, 0.6) is 0 Å². The van der Waals surface area contributed by atoms with E-state index in [0.29, 0.717) is 11.3 Å². The fourth-order valence-corrected chi connectivity index (χ4v) is 2.27. The SMILES string of the molecule is CC(=O)OC1=CC(=O)c2cccc3cccc1c23. The summed E-state index contributed by atoms with van der Waals surface area (Å²) >= 11 is 0. The van der Waals surface area contributed by atoms with Crippen LogP contribution in [0, 0.1) is 0 Å². The van der Waals surface area contributed by atoms with Gasteiger partial charge in [-0.1, -0.05) is 36.4 Å². The van der Waals surface area contributed by atoms with Gasteiger partial charge in [0.1, 0.15) is 5.76 Å². The lowest BCUT2D eigenvalue weighted by Crippen LogP contribution is -2.09. The van der Waals surface area contributed by atoms with Crippen molar-refractivity contribution in [1.29, 1.82) is 0 Å². The number of carbonyl (C=O) groups is 2. The number of allylic oxidation sites excluding steroid dienone is 1. The number of carbonyl (C=O) groups excluding carboxylic acids is 2. The van der Waals surface area contributed by atoms with Crippen LogP contribution in [0.25, 0.3) is 16.5 Å². The predicted octanol–water partition coefficient (Wildman–Crippen LogP) is 2.94. The molecule has 0 radical (unpaired) electrons. The number of rotatable bonds is 1. The Morgan fingerprint density at radius 3 is 2.39 bits per heavy atom. The van der Waals surface area contributed by atoms with Crippen LogP contribution in [-0.2, 0) is 9.53 Å². The zero-order chi connectivity index (χ0) is 12.7. The van der Waals surface area contributed by atoms with Gasteiger partial charge in [-0.3, -0.25) is 9.59 Å². The van der Waals surface area contributed by atoms with Crippen molar-refractivity contribution in [3.63, 3.8) is 0 Å². The van der Waals surface area contributed by atoms with Crippen LogP contribution >= 0.6 is 0 Å². The molecule has 88 valence electrons. The number of benzene rings is 2. The highest BCUT2D eigenvalue weighted by atomic mass is 16.5. The first-order valence-corrected chi connectivity index (χ1v) is 5.63. The minimum atomic E-state index is -0.426. The predicted molar refractivity (Wildman–Crippen MR) is 68.0 cm³/mol. The van der Waals surface area contributed by atoms with E-state index in [0.717, 1.165) is 16.3 Å². The zero-order valence-corrected chi connectivity index (χ0v) is 9.77. The Kier molecular flexibility index (Phi) is 2.27. The monoisotopic (exact) mass is 238 g/mol. The summed E-state index contributed by atoms with van der Waals surface area (Å²) in [7, 11) is 0. The molecule has 0 saturated heterocycles. The van der Waals surface area contributed by atoms with Crippen molar-refractivity contribution in [3.8, 4) is 0 Å². The lowest BCUT2D eigenvalue weighted by molar-refractivity contribution is -0.134. The summed E-state index contributed by atoms with van der Waals surface area (Å²) in [6, 6.07) is 11.2. The standard InChI is InChI=1S/C15H10O3/c1-9(16)18-14-8-13(17)11-6-2-4-10-5-3-7-12(14)15(10)11/h2-8H,1H3. The van der Waals surface area contributed by atoms with Crippen molar-refractivity contribution in [2.45, 2.75) is 6.92 Å². The van der Waals surface area contributed by atoms with Gasteiger partial charge in [0.05, 0.1) is 0 Å². The van der Waals surface area contributed by atoms with E-state index in [-0.39, 0.29) is 5.78 Å². The average molecular weight is 238 g/mol. The third-order valence-electron chi connectivity index (χ3n) is 2.95. The lowest BCUT2D eigenvalue weighted by Gasteiger charge is -2.16. The lowest BCUT2D eigenvalue weighted by atomic mass is 9.91. The minimum Gasteiger partial charge on any atom is -0.426 e. The molecule has 3 heteroatoms. The van der Waals surface area contributed by atoms with Crippen LogP contribution in [0.15, 0.2) is 42.5 Å². The first kappa shape index (κ1) is 10.7. The van der Waals surface area contributed by atoms with Gasteiger partial charge in [-0.2, -0.15) is 0 Å². The molecule has 1 aliphatic carbocycles. The second-order valence-electron chi connectivity index (χ2n) is 4.18. The summed E-state index contributed by atoms with van der Waals surface area (Å²) in [5.74, 6) is -0.224. The summed E-state index contributed by atoms with van der Waals surface area (Å²) in [5.41, 5.74) is 1.44. The Hall–Kier alpha value is -2.42. The van der Waals surface area contributed by atoms with Crippen molar-refractivity contribution >= 4 is 28.3 Å². The summed E-state index contributed by atoms with van der Waals surface area (Å²) in [6.45, 7) is 1.33. The minimum absolute atomic E-state index is 0.129. The van der Waals surface area contributed by atoms with Crippen molar-refractivity contribution < 1.29 is 14.3 Å². The van der Waals surface area contributed by atoms with Gasteiger partial charge in [-0.25, -0.2) is 0 Å². The first-order valence-electron chi connectivity index (χ1n) is 5.63. The highest BCUT2D eigenvalue weighted by Gasteiger charge is 2.21. The van der Waals surface area contributed by atoms with Gasteiger partial charge < -0.3 is 4.74 Å². The fraction of sp³-hybridized carbons (Fsp3) is 0.0667. The molecule has 0 spiro atoms. The summed E-state index contributed by atoms with van der Waals surface area (Å²) in [4.78, 5) is 23.1. The molecule has 0 unspecified atom stereocenters. The van der Waals surface area contributed by atoms with Gasteiger partial charge in [-0.05, 0) is 5.39 Å². The van der Waals surface area contributed by atoms with Crippen LogP contribution < -0.4 is 0 Å². The van der Waals surface area contributed by atoms with Gasteiger partial charge >= 0.3 is 5.97 Å². The third kappa shape index (κ3) is 1.52. The van der Waals surface area contributed by atoms with Gasteiger partial charge in [0.15, 0.2) is 5.78 Å². The molecule has 3 rings (SSSR count). The molecule has 0 aliphatic heterocycles. The molecule has 3 nitrogen and oxygen atoms in total. The van der Waals surface area contributed by atoms with E-state index in [2.05, 4.69) is 0 Å². The molecule has 0 N–H and O–H groups in total. The van der Waals surface area contributed by atoms with E-state index in [4.69, 9.17) is 4.74 Å². The Balaban J connectivity index is 2.32. The van der Waals surface area contributed by atoms with E-state index < -0.39 is 5.97 Å². The van der Waals surface area contributed by atoms with Gasteiger partial charge in [0.25, 0.3) is 0 Å². The number of ether oxygens (including phenoxy) is 1. The van der Waals surface area contributed by atoms with Gasteiger partial charge in [0.2, 0.25) is 0 Å². The van der Waals surface area contributed by atoms with Crippen LogP contribution in [0.4, 0.5) is 0 Å². The smallest absolute Gasteiger partial charge is 0.308 e. The molecule has 2 aromatic carbocycles. The quantitative estimate of drug-likeness (QED) is 0.717. The van der Waals surface area contributed by atoms with Crippen LogP contribution in [0.2, 0.25) is 0 Å². The summed E-state index contributed by atoms with van der Waals surface area (Å²) in [6.07, 6.45) is 1.37. The molecule has 0 saturated carbocycles. The fourth-order valence-electron chi connectivity index (χ4n) is 2.27. The molecule has 18 heavy (non-hydrogen) atoms. The number of ketones is 1. The Labute approximate surface area is 104 Å². The normalized spacial score (nSPS) is 13.4. The molecule has 0 bridgehead atoms. The van der Waals surface area contributed by atoms with Crippen molar-refractivity contribution in [2.75, 3.05) is 0 Å². The molecule has 0 amide bonds. The molecular formula is C15H10O3. The molecule has 0 heterocycles. The molecule has 0 fully saturated rings. The maximum absolute atomic E-state index is 12.0. The van der Waals surface area contributed by atoms with Crippen LogP contribution in [-0.4, -0.2) is 11.8 Å². The maximum Gasteiger partial charge on any atom is 0.308 e. The van der Waals surface area contributed by atoms with E-state index in [1.54, 1.807) is 6.07 Å². The second-order valence-corrected chi connectivity index (χ2v) is 4.18. The molecule has 1 aliphatic rings. The number of hydrogen-bond acceptors (Lipinski definition) is 3.